The number of halogens is 1. The first-order chi connectivity index (χ1) is 19.6. The van der Waals surface area contributed by atoms with E-state index in [0.29, 0.717) is 12.8 Å². The lowest BCUT2D eigenvalue weighted by molar-refractivity contribution is -0.143. The van der Waals surface area contributed by atoms with E-state index in [4.69, 9.17) is 0 Å². The fraction of sp³-hybridized carbons (Fsp3) is 0.838. The second kappa shape index (κ2) is 35.1. The van der Waals surface area contributed by atoms with Crippen molar-refractivity contribution in [3.05, 3.63) is 24.3 Å². The van der Waals surface area contributed by atoms with Gasteiger partial charge in [0, 0.05) is 19.9 Å². The molecule has 0 fully saturated rings. The zero-order chi connectivity index (χ0) is 29.4. The number of hydrogen-bond donors (Lipinski definition) is 0. The second-order valence-electron chi connectivity index (χ2n) is 12.0. The molecule has 0 aromatic carbocycles. The number of hydrogen-bond acceptors (Lipinski definition) is 2. The third-order valence-corrected chi connectivity index (χ3v) is 8.05. The molecule has 2 amide bonds. The summed E-state index contributed by atoms with van der Waals surface area (Å²) in [5.41, 5.74) is 0. The predicted molar refractivity (Wildman–Crippen MR) is 184 cm³/mol. The molecular weight excluding hydrogens is 526 g/mol. The molecule has 0 heterocycles. The number of imide groups is 1. The highest BCUT2D eigenvalue weighted by atomic mass is 35.5. The van der Waals surface area contributed by atoms with Crippen LogP contribution in [0.25, 0.3) is 0 Å². The molecule has 0 radical (unpaired) electrons. The van der Waals surface area contributed by atoms with Crippen molar-refractivity contribution in [3.8, 4) is 0 Å². The molecule has 0 aromatic rings. The first kappa shape index (κ1) is 42.0. The van der Waals surface area contributed by atoms with Crippen molar-refractivity contribution in [1.29, 1.82) is 0 Å². The maximum absolute atomic E-state index is 12.4. The third kappa shape index (κ3) is 31.7. The zero-order valence-electron chi connectivity index (χ0n) is 27.8. The topological polar surface area (TPSA) is 37.4 Å². The lowest BCUT2D eigenvalue weighted by Crippen LogP contribution is -2.32. The Bertz CT molecular complexity index is 564. The van der Waals surface area contributed by atoms with Crippen LogP contribution in [0, 0.1) is 0 Å². The molecule has 0 aliphatic rings. The predicted octanol–water partition coefficient (Wildman–Crippen LogP) is 12.5. The van der Waals surface area contributed by atoms with Gasteiger partial charge in [0.05, 0.1) is 0 Å². The summed E-state index contributed by atoms with van der Waals surface area (Å²) in [4.78, 5) is 26.1. The standard InChI is InChI=1S/C37H69NO2.ClH/c1-4-6-8-10-12-14-16-18-20-22-24-26-28-30-32-34-36(39)38(3)37(40)35-33-31-29-27-25-23-21-19-17-15-13-11-9-7-5-2;/h18-21H,4-17,22-35H2,1-3H3;1H. The maximum atomic E-state index is 12.4. The minimum absolute atomic E-state index is 0. The van der Waals surface area contributed by atoms with E-state index in [1.54, 1.807) is 7.05 Å². The first-order valence-corrected chi connectivity index (χ1v) is 17.7. The fourth-order valence-electron chi connectivity index (χ4n) is 5.17. The van der Waals surface area contributed by atoms with Gasteiger partial charge in [0.2, 0.25) is 11.8 Å². The summed E-state index contributed by atoms with van der Waals surface area (Å²) in [7, 11) is 1.67. The molecule has 0 N–H and O–H groups in total. The molecule has 242 valence electrons. The molecule has 4 heteroatoms. The van der Waals surface area contributed by atoms with Gasteiger partial charge in [-0.2, -0.15) is 0 Å². The monoisotopic (exact) mass is 596 g/mol. The summed E-state index contributed by atoms with van der Waals surface area (Å²) in [5.74, 6) is -0.00857. The first-order valence-electron chi connectivity index (χ1n) is 17.7. The Kier molecular flexibility index (Phi) is 36.0. The smallest absolute Gasteiger partial charge is 0.228 e. The lowest BCUT2D eigenvalue weighted by atomic mass is 10.1. The van der Waals surface area contributed by atoms with Crippen molar-refractivity contribution in [3.63, 3.8) is 0 Å². The van der Waals surface area contributed by atoms with E-state index >= 15 is 0 Å². The van der Waals surface area contributed by atoms with Crippen LogP contribution in [0.15, 0.2) is 24.3 Å². The number of carbonyl (C=O) groups is 2. The summed E-state index contributed by atoms with van der Waals surface area (Å²) in [6, 6.07) is 0. The summed E-state index contributed by atoms with van der Waals surface area (Å²) in [6.45, 7) is 4.54. The molecule has 0 bridgehead atoms. The molecule has 0 unspecified atom stereocenters. The number of rotatable bonds is 30. The van der Waals surface area contributed by atoms with E-state index in [1.807, 2.05) is 0 Å². The number of carbonyl (C=O) groups excluding carboxylic acids is 2. The molecule has 0 aromatic heterocycles. The molecule has 0 rings (SSSR count). The quantitative estimate of drug-likeness (QED) is 0.0611. The number of allylic oxidation sites excluding steroid dienone is 4. The third-order valence-electron chi connectivity index (χ3n) is 8.05. The molecule has 0 aliphatic carbocycles. The van der Waals surface area contributed by atoms with Crippen molar-refractivity contribution in [2.45, 2.75) is 194 Å². The molecule has 3 nitrogen and oxygen atoms in total. The van der Waals surface area contributed by atoms with Gasteiger partial charge in [-0.3, -0.25) is 14.5 Å². The molecule has 0 saturated heterocycles. The highest BCUT2D eigenvalue weighted by Crippen LogP contribution is 2.13. The number of nitrogens with zero attached hydrogens (tertiary/aromatic N) is 1. The van der Waals surface area contributed by atoms with Crippen LogP contribution in [0.1, 0.15) is 194 Å². The largest absolute Gasteiger partial charge is 0.286 e. The Morgan fingerprint density at radius 2 is 0.659 bits per heavy atom. The SMILES string of the molecule is CCCCCCCCC=CCCCCCCCC(=O)N(C)C(=O)CCCCCCCC=CCCCCCCCC.Cl. The van der Waals surface area contributed by atoms with E-state index in [9.17, 15) is 9.59 Å². The van der Waals surface area contributed by atoms with Crippen LogP contribution >= 0.6 is 12.4 Å². The molecule has 41 heavy (non-hydrogen) atoms. The fourth-order valence-corrected chi connectivity index (χ4v) is 5.17. The molecule has 0 aliphatic heterocycles. The Hall–Kier alpha value is -1.09. The van der Waals surface area contributed by atoms with Gasteiger partial charge in [0.25, 0.3) is 0 Å². The summed E-state index contributed by atoms with van der Waals surface area (Å²) < 4.78 is 0. The van der Waals surface area contributed by atoms with Crippen LogP contribution in [-0.4, -0.2) is 23.8 Å². The van der Waals surface area contributed by atoms with Gasteiger partial charge < -0.3 is 0 Å². The van der Waals surface area contributed by atoms with Gasteiger partial charge >= 0.3 is 0 Å². The second-order valence-corrected chi connectivity index (χ2v) is 12.0. The number of unbranched alkanes of at least 4 members (excludes halogenated alkanes) is 22. The van der Waals surface area contributed by atoms with Gasteiger partial charge in [0.15, 0.2) is 0 Å². The van der Waals surface area contributed by atoms with E-state index in [0.717, 1.165) is 25.7 Å². The van der Waals surface area contributed by atoms with Gasteiger partial charge in [0.1, 0.15) is 0 Å². The van der Waals surface area contributed by atoms with E-state index in [-0.39, 0.29) is 24.2 Å². The highest BCUT2D eigenvalue weighted by molar-refractivity contribution is 5.94. The van der Waals surface area contributed by atoms with Crippen molar-refractivity contribution < 1.29 is 9.59 Å². The average Bonchev–Trinajstić information content (AvgIpc) is 2.96. The van der Waals surface area contributed by atoms with Crippen LogP contribution in [0.2, 0.25) is 0 Å². The summed E-state index contributed by atoms with van der Waals surface area (Å²) in [5, 5.41) is 0. The van der Waals surface area contributed by atoms with E-state index in [1.165, 1.54) is 146 Å². The van der Waals surface area contributed by atoms with E-state index in [2.05, 4.69) is 38.2 Å². The summed E-state index contributed by atoms with van der Waals surface area (Å²) in [6.07, 6.45) is 43.0. The minimum Gasteiger partial charge on any atom is -0.286 e. The van der Waals surface area contributed by atoms with Gasteiger partial charge in [-0.15, -0.1) is 12.4 Å². The minimum atomic E-state index is -0.00428. The number of amides is 2. The van der Waals surface area contributed by atoms with E-state index < -0.39 is 0 Å². The molecule has 0 saturated carbocycles. The Morgan fingerprint density at radius 1 is 0.415 bits per heavy atom. The maximum Gasteiger partial charge on any atom is 0.228 e. The van der Waals surface area contributed by atoms with Gasteiger partial charge in [-0.05, 0) is 64.2 Å². The molecule has 0 atom stereocenters. The van der Waals surface area contributed by atoms with Gasteiger partial charge in [-0.1, -0.05) is 141 Å². The van der Waals surface area contributed by atoms with Crippen molar-refractivity contribution in [1.82, 2.24) is 4.90 Å². The lowest BCUT2D eigenvalue weighted by Gasteiger charge is -2.15. The highest BCUT2D eigenvalue weighted by Gasteiger charge is 2.15. The average molecular weight is 596 g/mol. The molecular formula is C37H70ClNO2. The van der Waals surface area contributed by atoms with Crippen molar-refractivity contribution in [2.75, 3.05) is 7.05 Å². The molecule has 0 spiro atoms. The normalized spacial score (nSPS) is 11.4. The Balaban J connectivity index is 0. The van der Waals surface area contributed by atoms with Gasteiger partial charge in [-0.25, -0.2) is 0 Å². The van der Waals surface area contributed by atoms with Crippen LogP contribution in [0.4, 0.5) is 0 Å². The van der Waals surface area contributed by atoms with Crippen LogP contribution < -0.4 is 0 Å². The zero-order valence-corrected chi connectivity index (χ0v) is 28.6. The van der Waals surface area contributed by atoms with Crippen LogP contribution in [0.5, 0.6) is 0 Å². The Morgan fingerprint density at radius 3 is 0.951 bits per heavy atom. The Labute approximate surface area is 263 Å². The van der Waals surface area contributed by atoms with Crippen LogP contribution in [-0.2, 0) is 9.59 Å². The summed E-state index contributed by atoms with van der Waals surface area (Å²) >= 11 is 0. The van der Waals surface area contributed by atoms with Crippen LogP contribution in [0.3, 0.4) is 0 Å². The van der Waals surface area contributed by atoms with Crippen molar-refractivity contribution in [2.24, 2.45) is 0 Å². The van der Waals surface area contributed by atoms with Crippen molar-refractivity contribution >= 4 is 24.2 Å².